The van der Waals surface area contributed by atoms with Crippen LogP contribution in [0.15, 0.2) is 23.8 Å². The fraction of sp³-hybridized carbons (Fsp3) is 0.455. The Morgan fingerprint density at radius 2 is 1.88 bits per heavy atom. The van der Waals surface area contributed by atoms with Gasteiger partial charge in [0.15, 0.2) is 0 Å². The lowest BCUT2D eigenvalue weighted by atomic mass is 9.98. The molecule has 0 fully saturated rings. The van der Waals surface area contributed by atoms with Gasteiger partial charge in [0.2, 0.25) is 0 Å². The topological polar surface area (TPSA) is 94.8 Å². The van der Waals surface area contributed by atoms with E-state index in [0.717, 1.165) is 0 Å². The summed E-state index contributed by atoms with van der Waals surface area (Å²) < 4.78 is 0. The van der Waals surface area contributed by atoms with E-state index in [4.69, 9.17) is 15.3 Å². The third kappa shape index (κ3) is 4.75. The van der Waals surface area contributed by atoms with Gasteiger partial charge in [0.1, 0.15) is 0 Å². The molecular formula is C11H16O5. The van der Waals surface area contributed by atoms with Gasteiger partial charge < -0.3 is 15.3 Å². The molecule has 0 heterocycles. The van der Waals surface area contributed by atoms with E-state index in [1.54, 1.807) is 6.92 Å². The van der Waals surface area contributed by atoms with Gasteiger partial charge in [-0.15, -0.1) is 0 Å². The van der Waals surface area contributed by atoms with E-state index >= 15 is 0 Å². The molecule has 0 bridgehead atoms. The van der Waals surface area contributed by atoms with Crippen molar-refractivity contribution in [1.29, 1.82) is 0 Å². The van der Waals surface area contributed by atoms with Crippen LogP contribution in [0.1, 0.15) is 19.8 Å². The zero-order chi connectivity index (χ0) is 12.7. The second-order valence-corrected chi connectivity index (χ2v) is 3.44. The quantitative estimate of drug-likeness (QED) is 0.566. The zero-order valence-corrected chi connectivity index (χ0v) is 9.14. The number of aliphatic hydroxyl groups is 1. The maximum absolute atomic E-state index is 10.8. The Bertz CT molecular complexity index is 316. The van der Waals surface area contributed by atoms with Crippen molar-refractivity contribution in [3.05, 3.63) is 23.8 Å². The zero-order valence-electron chi connectivity index (χ0n) is 9.14. The van der Waals surface area contributed by atoms with E-state index in [1.807, 2.05) is 0 Å². The number of carboxylic acid groups (broad SMARTS) is 2. The molecule has 0 aromatic carbocycles. The Kier molecular flexibility index (Phi) is 6.10. The first-order chi connectivity index (χ1) is 7.40. The van der Waals surface area contributed by atoms with Gasteiger partial charge in [-0.2, -0.15) is 0 Å². The minimum absolute atomic E-state index is 0.0530. The highest BCUT2D eigenvalue weighted by molar-refractivity contribution is 5.89. The first-order valence-corrected chi connectivity index (χ1v) is 4.87. The predicted octanol–water partition coefficient (Wildman–Crippen LogP) is 1.05. The monoisotopic (exact) mass is 228 g/mol. The summed E-state index contributed by atoms with van der Waals surface area (Å²) in [6.45, 7) is 4.83. The van der Waals surface area contributed by atoms with Crippen LogP contribution >= 0.6 is 0 Å². The van der Waals surface area contributed by atoms with Crippen molar-refractivity contribution in [3.63, 3.8) is 0 Å². The summed E-state index contributed by atoms with van der Waals surface area (Å²) in [7, 11) is 0. The number of aliphatic carboxylic acids is 2. The molecule has 0 aliphatic rings. The van der Waals surface area contributed by atoms with Crippen LogP contribution in [0, 0.1) is 5.92 Å². The fourth-order valence-corrected chi connectivity index (χ4v) is 1.13. The maximum atomic E-state index is 10.8. The summed E-state index contributed by atoms with van der Waals surface area (Å²) in [5.74, 6) is -2.78. The normalized spacial score (nSPS) is 13.2. The number of allylic oxidation sites excluding steroid dienone is 1. The molecule has 5 heteroatoms. The van der Waals surface area contributed by atoms with Crippen molar-refractivity contribution in [2.45, 2.75) is 19.8 Å². The molecule has 0 aliphatic heterocycles. The standard InChI is InChI=1S/C11H16O5/c1-7(8(2)10(13)14)6-9(11(15)16)4-3-5-12/h6-7,12H,2-5H2,1H3,(H,13,14)(H,15,16). The van der Waals surface area contributed by atoms with Crippen LogP contribution in [0.2, 0.25) is 0 Å². The minimum Gasteiger partial charge on any atom is -0.478 e. The average Bonchev–Trinajstić information content (AvgIpc) is 2.21. The number of rotatable bonds is 7. The van der Waals surface area contributed by atoms with Crippen LogP contribution in [-0.2, 0) is 9.59 Å². The van der Waals surface area contributed by atoms with Crippen molar-refractivity contribution in [2.75, 3.05) is 6.61 Å². The molecule has 0 spiro atoms. The van der Waals surface area contributed by atoms with Crippen molar-refractivity contribution in [3.8, 4) is 0 Å². The third-order valence-corrected chi connectivity index (χ3v) is 2.15. The molecule has 1 atom stereocenters. The van der Waals surface area contributed by atoms with Gasteiger partial charge in [-0.05, 0) is 12.8 Å². The fourth-order valence-electron chi connectivity index (χ4n) is 1.13. The Morgan fingerprint density at radius 1 is 1.31 bits per heavy atom. The number of hydrogen-bond donors (Lipinski definition) is 3. The van der Waals surface area contributed by atoms with E-state index in [2.05, 4.69) is 6.58 Å². The van der Waals surface area contributed by atoms with Crippen LogP contribution in [0.5, 0.6) is 0 Å². The Balaban J connectivity index is 4.71. The molecule has 5 nitrogen and oxygen atoms in total. The summed E-state index contributed by atoms with van der Waals surface area (Å²) in [5.41, 5.74) is 0.0479. The SMILES string of the molecule is C=C(C(=O)O)C(C)C=C(CCCO)C(=O)O. The van der Waals surface area contributed by atoms with Gasteiger partial charge >= 0.3 is 11.9 Å². The highest BCUT2D eigenvalue weighted by Gasteiger charge is 2.14. The first kappa shape index (κ1) is 14.4. The van der Waals surface area contributed by atoms with Crippen LogP contribution < -0.4 is 0 Å². The van der Waals surface area contributed by atoms with Gasteiger partial charge in [-0.25, -0.2) is 9.59 Å². The van der Waals surface area contributed by atoms with E-state index < -0.39 is 17.9 Å². The number of aliphatic hydroxyl groups excluding tert-OH is 1. The van der Waals surface area contributed by atoms with E-state index in [-0.39, 0.29) is 24.2 Å². The molecule has 3 N–H and O–H groups in total. The molecule has 0 rings (SSSR count). The van der Waals surface area contributed by atoms with Gasteiger partial charge in [0.25, 0.3) is 0 Å². The lowest BCUT2D eigenvalue weighted by molar-refractivity contribution is -0.134. The Morgan fingerprint density at radius 3 is 2.25 bits per heavy atom. The molecule has 0 aliphatic carbocycles. The van der Waals surface area contributed by atoms with E-state index in [1.165, 1.54) is 6.08 Å². The van der Waals surface area contributed by atoms with Crippen LogP contribution in [0.4, 0.5) is 0 Å². The minimum atomic E-state index is -1.14. The van der Waals surface area contributed by atoms with Crippen molar-refractivity contribution < 1.29 is 24.9 Å². The second kappa shape index (κ2) is 6.79. The summed E-state index contributed by atoms with van der Waals surface area (Å²) in [6, 6.07) is 0. The van der Waals surface area contributed by atoms with E-state index in [9.17, 15) is 9.59 Å². The third-order valence-electron chi connectivity index (χ3n) is 2.15. The summed E-state index contributed by atoms with van der Waals surface area (Å²) >= 11 is 0. The van der Waals surface area contributed by atoms with Crippen molar-refractivity contribution >= 4 is 11.9 Å². The van der Waals surface area contributed by atoms with Crippen LogP contribution in [-0.4, -0.2) is 33.9 Å². The molecule has 0 saturated heterocycles. The van der Waals surface area contributed by atoms with Gasteiger partial charge in [0, 0.05) is 23.7 Å². The molecular weight excluding hydrogens is 212 g/mol. The van der Waals surface area contributed by atoms with Crippen LogP contribution in [0.3, 0.4) is 0 Å². The summed E-state index contributed by atoms with van der Waals surface area (Å²) in [4.78, 5) is 21.4. The second-order valence-electron chi connectivity index (χ2n) is 3.44. The maximum Gasteiger partial charge on any atom is 0.331 e. The molecule has 16 heavy (non-hydrogen) atoms. The lowest BCUT2D eigenvalue weighted by Gasteiger charge is -2.08. The van der Waals surface area contributed by atoms with Crippen LogP contribution in [0.25, 0.3) is 0 Å². The molecule has 0 aromatic heterocycles. The van der Waals surface area contributed by atoms with Gasteiger partial charge in [-0.1, -0.05) is 19.6 Å². The molecule has 0 amide bonds. The molecule has 90 valence electrons. The lowest BCUT2D eigenvalue weighted by Crippen LogP contribution is -2.10. The predicted molar refractivity (Wildman–Crippen MR) is 58.0 cm³/mol. The largest absolute Gasteiger partial charge is 0.478 e. The highest BCUT2D eigenvalue weighted by atomic mass is 16.4. The average molecular weight is 228 g/mol. The smallest absolute Gasteiger partial charge is 0.331 e. The Hall–Kier alpha value is -1.62. The number of hydrogen-bond acceptors (Lipinski definition) is 3. The highest BCUT2D eigenvalue weighted by Crippen LogP contribution is 2.15. The molecule has 0 saturated carbocycles. The summed E-state index contributed by atoms with van der Waals surface area (Å²) in [5, 5.41) is 26.1. The molecule has 0 radical (unpaired) electrons. The number of carboxylic acids is 2. The summed E-state index contributed by atoms with van der Waals surface area (Å²) in [6.07, 6.45) is 1.90. The van der Waals surface area contributed by atoms with Gasteiger partial charge in [-0.3, -0.25) is 0 Å². The van der Waals surface area contributed by atoms with Crippen molar-refractivity contribution in [1.82, 2.24) is 0 Å². The van der Waals surface area contributed by atoms with Gasteiger partial charge in [0.05, 0.1) is 0 Å². The Labute approximate surface area is 93.7 Å². The molecule has 0 aromatic rings. The van der Waals surface area contributed by atoms with Crippen molar-refractivity contribution in [2.24, 2.45) is 5.92 Å². The number of carbonyl (C=O) groups is 2. The first-order valence-electron chi connectivity index (χ1n) is 4.87. The van der Waals surface area contributed by atoms with E-state index in [0.29, 0.717) is 6.42 Å². The molecule has 1 unspecified atom stereocenters.